The van der Waals surface area contributed by atoms with Crippen LogP contribution in [0.1, 0.15) is 38.2 Å². The minimum atomic E-state index is 0.174. The Morgan fingerprint density at radius 3 is 2.57 bits per heavy atom. The second-order valence-corrected chi connectivity index (χ2v) is 3.93. The Morgan fingerprint density at radius 2 is 2.21 bits per heavy atom. The molecule has 80 valence electrons. The molecular formula is C10H20N4. The van der Waals surface area contributed by atoms with Crippen molar-refractivity contribution in [2.45, 2.75) is 33.2 Å². The van der Waals surface area contributed by atoms with Crippen LogP contribution in [0.25, 0.3) is 0 Å². The third kappa shape index (κ3) is 2.13. The van der Waals surface area contributed by atoms with Crippen LogP contribution in [0.4, 0.5) is 0 Å². The largest absolute Gasteiger partial charge is 0.271 e. The Labute approximate surface area is 85.5 Å². The van der Waals surface area contributed by atoms with E-state index in [4.69, 9.17) is 5.84 Å². The van der Waals surface area contributed by atoms with Crippen LogP contribution >= 0.6 is 0 Å². The lowest BCUT2D eigenvalue weighted by molar-refractivity contribution is 0.397. The third-order valence-corrected chi connectivity index (χ3v) is 2.49. The number of nitrogens with zero attached hydrogens (tertiary/aromatic N) is 2. The molecule has 3 N–H and O–H groups in total. The minimum Gasteiger partial charge on any atom is -0.271 e. The first-order valence-corrected chi connectivity index (χ1v) is 5.09. The summed E-state index contributed by atoms with van der Waals surface area (Å²) in [5, 5.41) is 4.40. The van der Waals surface area contributed by atoms with Gasteiger partial charge in [-0.25, -0.2) is 0 Å². The molecule has 0 saturated carbocycles. The van der Waals surface area contributed by atoms with Gasteiger partial charge in [0.2, 0.25) is 0 Å². The lowest BCUT2D eigenvalue weighted by Gasteiger charge is -2.19. The fourth-order valence-electron chi connectivity index (χ4n) is 1.63. The molecule has 0 aliphatic heterocycles. The molecule has 1 aromatic heterocycles. The van der Waals surface area contributed by atoms with Crippen molar-refractivity contribution in [1.29, 1.82) is 0 Å². The molecule has 0 amide bonds. The SMILES string of the molecule is CCc1cc(C(NN)C(C)C)n(C)n1. The molecule has 1 heterocycles. The summed E-state index contributed by atoms with van der Waals surface area (Å²) in [5.41, 5.74) is 5.10. The maximum absolute atomic E-state index is 5.53. The van der Waals surface area contributed by atoms with Gasteiger partial charge < -0.3 is 0 Å². The predicted molar refractivity (Wildman–Crippen MR) is 57.5 cm³/mol. The van der Waals surface area contributed by atoms with Crippen LogP contribution in [0.5, 0.6) is 0 Å². The smallest absolute Gasteiger partial charge is 0.0651 e. The summed E-state index contributed by atoms with van der Waals surface area (Å²) in [5.74, 6) is 5.99. The van der Waals surface area contributed by atoms with Gasteiger partial charge in [0.25, 0.3) is 0 Å². The fraction of sp³-hybridized carbons (Fsp3) is 0.700. The summed E-state index contributed by atoms with van der Waals surface area (Å²) in [6.45, 7) is 6.39. The van der Waals surface area contributed by atoms with Gasteiger partial charge in [0.1, 0.15) is 0 Å². The Hall–Kier alpha value is -0.870. The summed E-state index contributed by atoms with van der Waals surface area (Å²) >= 11 is 0. The normalized spacial score (nSPS) is 13.6. The zero-order valence-corrected chi connectivity index (χ0v) is 9.41. The summed E-state index contributed by atoms with van der Waals surface area (Å²) in [6.07, 6.45) is 0.962. The van der Waals surface area contributed by atoms with Gasteiger partial charge in [-0.15, -0.1) is 0 Å². The van der Waals surface area contributed by atoms with Crippen molar-refractivity contribution in [3.8, 4) is 0 Å². The van der Waals surface area contributed by atoms with Crippen LogP contribution in [0.2, 0.25) is 0 Å². The van der Waals surface area contributed by atoms with Gasteiger partial charge in [-0.2, -0.15) is 5.10 Å². The highest BCUT2D eigenvalue weighted by atomic mass is 15.3. The fourth-order valence-corrected chi connectivity index (χ4v) is 1.63. The van der Waals surface area contributed by atoms with E-state index in [1.165, 1.54) is 0 Å². The van der Waals surface area contributed by atoms with E-state index in [1.807, 2.05) is 11.7 Å². The first kappa shape index (κ1) is 11.2. The highest BCUT2D eigenvalue weighted by molar-refractivity contribution is 5.14. The Morgan fingerprint density at radius 1 is 1.57 bits per heavy atom. The number of aromatic nitrogens is 2. The number of hydrazine groups is 1. The van der Waals surface area contributed by atoms with Crippen molar-refractivity contribution in [1.82, 2.24) is 15.2 Å². The number of rotatable bonds is 4. The van der Waals surface area contributed by atoms with Crippen LogP contribution < -0.4 is 11.3 Å². The van der Waals surface area contributed by atoms with E-state index >= 15 is 0 Å². The number of nitrogens with one attached hydrogen (secondary N) is 1. The average Bonchev–Trinajstić information content (AvgIpc) is 2.48. The number of hydrogen-bond donors (Lipinski definition) is 2. The summed E-state index contributed by atoms with van der Waals surface area (Å²) in [7, 11) is 1.96. The molecule has 0 spiro atoms. The zero-order chi connectivity index (χ0) is 10.7. The van der Waals surface area contributed by atoms with Crippen molar-refractivity contribution in [2.24, 2.45) is 18.8 Å². The van der Waals surface area contributed by atoms with Crippen molar-refractivity contribution in [3.63, 3.8) is 0 Å². The van der Waals surface area contributed by atoms with Gasteiger partial charge in [-0.3, -0.25) is 16.0 Å². The van der Waals surface area contributed by atoms with Crippen LogP contribution in [-0.2, 0) is 13.5 Å². The molecule has 4 heteroatoms. The molecule has 0 bridgehead atoms. The molecular weight excluding hydrogens is 176 g/mol. The number of hydrogen-bond acceptors (Lipinski definition) is 3. The summed E-state index contributed by atoms with van der Waals surface area (Å²) < 4.78 is 1.91. The second kappa shape index (κ2) is 4.57. The molecule has 1 rings (SSSR count). The van der Waals surface area contributed by atoms with Crippen molar-refractivity contribution in [3.05, 3.63) is 17.5 Å². The molecule has 14 heavy (non-hydrogen) atoms. The third-order valence-electron chi connectivity index (χ3n) is 2.49. The summed E-state index contributed by atoms with van der Waals surface area (Å²) in [4.78, 5) is 0. The Bertz CT molecular complexity index is 290. The van der Waals surface area contributed by atoms with Gasteiger partial charge >= 0.3 is 0 Å². The standard InChI is InChI=1S/C10H20N4/c1-5-8-6-9(14(4)13-8)10(12-11)7(2)3/h6-7,10,12H,5,11H2,1-4H3. The quantitative estimate of drug-likeness (QED) is 0.561. The molecule has 0 aliphatic carbocycles. The van der Waals surface area contributed by atoms with E-state index in [2.05, 4.69) is 37.4 Å². The highest BCUT2D eigenvalue weighted by Gasteiger charge is 2.18. The molecule has 0 saturated heterocycles. The van der Waals surface area contributed by atoms with Crippen LogP contribution in [0, 0.1) is 5.92 Å². The first-order chi connectivity index (χ1) is 6.60. The predicted octanol–water partition coefficient (Wildman–Crippen LogP) is 1.14. The minimum absolute atomic E-state index is 0.174. The van der Waals surface area contributed by atoms with E-state index in [9.17, 15) is 0 Å². The van der Waals surface area contributed by atoms with E-state index in [0.717, 1.165) is 17.8 Å². The zero-order valence-electron chi connectivity index (χ0n) is 9.41. The van der Waals surface area contributed by atoms with Crippen LogP contribution in [0.3, 0.4) is 0 Å². The van der Waals surface area contributed by atoms with Crippen molar-refractivity contribution < 1.29 is 0 Å². The van der Waals surface area contributed by atoms with Gasteiger partial charge in [-0.05, 0) is 18.4 Å². The lowest BCUT2D eigenvalue weighted by atomic mass is 10.0. The molecule has 0 aromatic carbocycles. The van der Waals surface area contributed by atoms with E-state index in [1.54, 1.807) is 0 Å². The maximum atomic E-state index is 5.53. The number of nitrogens with two attached hydrogens (primary N) is 1. The molecule has 0 aliphatic rings. The maximum Gasteiger partial charge on any atom is 0.0651 e. The Balaban J connectivity index is 2.97. The van der Waals surface area contributed by atoms with E-state index < -0.39 is 0 Å². The van der Waals surface area contributed by atoms with Crippen LogP contribution in [-0.4, -0.2) is 9.78 Å². The molecule has 4 nitrogen and oxygen atoms in total. The molecule has 0 radical (unpaired) electrons. The second-order valence-electron chi connectivity index (χ2n) is 3.93. The molecule has 1 atom stereocenters. The highest BCUT2D eigenvalue weighted by Crippen LogP contribution is 2.20. The van der Waals surface area contributed by atoms with Gasteiger partial charge in [0, 0.05) is 7.05 Å². The van der Waals surface area contributed by atoms with E-state index in [0.29, 0.717) is 5.92 Å². The van der Waals surface area contributed by atoms with Crippen molar-refractivity contribution >= 4 is 0 Å². The monoisotopic (exact) mass is 196 g/mol. The lowest BCUT2D eigenvalue weighted by Crippen LogP contribution is -2.32. The molecule has 1 unspecified atom stereocenters. The van der Waals surface area contributed by atoms with Crippen LogP contribution in [0.15, 0.2) is 6.07 Å². The topological polar surface area (TPSA) is 55.9 Å². The molecule has 1 aromatic rings. The van der Waals surface area contributed by atoms with E-state index in [-0.39, 0.29) is 6.04 Å². The van der Waals surface area contributed by atoms with Gasteiger partial charge in [0.15, 0.2) is 0 Å². The van der Waals surface area contributed by atoms with Gasteiger partial charge in [0.05, 0.1) is 17.4 Å². The number of aryl methyl sites for hydroxylation is 2. The van der Waals surface area contributed by atoms with Gasteiger partial charge in [-0.1, -0.05) is 20.8 Å². The first-order valence-electron chi connectivity index (χ1n) is 5.09. The van der Waals surface area contributed by atoms with Crippen molar-refractivity contribution in [2.75, 3.05) is 0 Å². The molecule has 0 fully saturated rings. The average molecular weight is 196 g/mol. The Kier molecular flexibility index (Phi) is 3.66. The summed E-state index contributed by atoms with van der Waals surface area (Å²) in [6, 6.07) is 2.29.